The van der Waals surface area contributed by atoms with Crippen molar-refractivity contribution < 1.29 is 9.47 Å². The van der Waals surface area contributed by atoms with Crippen molar-refractivity contribution in [3.8, 4) is 11.8 Å². The lowest BCUT2D eigenvalue weighted by molar-refractivity contribution is 0.297. The van der Waals surface area contributed by atoms with Gasteiger partial charge in [-0.3, -0.25) is 0 Å². The Morgan fingerprint density at radius 1 is 0.700 bits per heavy atom. The molecule has 0 aliphatic carbocycles. The SMILES string of the molecule is Brc1ccc(OCCCNCCSSCCNCCCOc2ccc(Br)cn2)nc1. The van der Waals surface area contributed by atoms with Crippen molar-refractivity contribution in [2.24, 2.45) is 0 Å². The molecule has 0 fully saturated rings. The maximum Gasteiger partial charge on any atom is 0.213 e. The highest BCUT2D eigenvalue weighted by Gasteiger charge is 1.97. The standard InChI is InChI=1S/C20H28Br2N4O2S2/c21-17-3-5-19(25-15-17)27-11-1-7-23-9-13-29-30-14-10-24-8-2-12-28-20-6-4-18(22)16-26-20/h3-6,15-16,23-24H,1-2,7-14H2. The third kappa shape index (κ3) is 13.0. The van der Waals surface area contributed by atoms with Crippen LogP contribution in [0.5, 0.6) is 11.8 Å². The number of hydrogen-bond donors (Lipinski definition) is 2. The molecule has 2 heterocycles. The molecule has 0 aromatic carbocycles. The van der Waals surface area contributed by atoms with Gasteiger partial charge in [-0.25, -0.2) is 9.97 Å². The predicted octanol–water partition coefficient (Wildman–Crippen LogP) is 4.80. The van der Waals surface area contributed by atoms with Crippen molar-refractivity contribution in [2.75, 3.05) is 50.9 Å². The second kappa shape index (κ2) is 17.1. The summed E-state index contributed by atoms with van der Waals surface area (Å²) in [6, 6.07) is 7.61. The van der Waals surface area contributed by atoms with Gasteiger partial charge in [-0.2, -0.15) is 0 Å². The quantitative estimate of drug-likeness (QED) is 0.205. The molecule has 0 spiro atoms. The van der Waals surface area contributed by atoms with Crippen LogP contribution in [0.15, 0.2) is 45.6 Å². The third-order valence-electron chi connectivity index (χ3n) is 3.70. The molecule has 6 nitrogen and oxygen atoms in total. The average Bonchev–Trinajstić information content (AvgIpc) is 2.76. The minimum atomic E-state index is 0.674. The largest absolute Gasteiger partial charge is 0.478 e. The first-order valence-electron chi connectivity index (χ1n) is 9.88. The molecule has 0 atom stereocenters. The van der Waals surface area contributed by atoms with Gasteiger partial charge in [0.2, 0.25) is 11.8 Å². The molecular weight excluding hydrogens is 552 g/mol. The van der Waals surface area contributed by atoms with Crippen LogP contribution in [0.1, 0.15) is 12.8 Å². The van der Waals surface area contributed by atoms with E-state index in [2.05, 4.69) is 52.5 Å². The Kier molecular flexibility index (Phi) is 14.7. The number of nitrogens with one attached hydrogen (secondary N) is 2. The summed E-state index contributed by atoms with van der Waals surface area (Å²) < 4.78 is 13.1. The zero-order valence-corrected chi connectivity index (χ0v) is 21.6. The van der Waals surface area contributed by atoms with Crippen molar-refractivity contribution in [3.63, 3.8) is 0 Å². The van der Waals surface area contributed by atoms with Gasteiger partial charge in [0.25, 0.3) is 0 Å². The lowest BCUT2D eigenvalue weighted by atomic mass is 10.4. The number of hydrogen-bond acceptors (Lipinski definition) is 8. The van der Waals surface area contributed by atoms with E-state index in [1.165, 1.54) is 0 Å². The van der Waals surface area contributed by atoms with Crippen molar-refractivity contribution in [3.05, 3.63) is 45.6 Å². The molecule has 0 unspecified atom stereocenters. The molecule has 0 amide bonds. The van der Waals surface area contributed by atoms with Crippen molar-refractivity contribution in [1.82, 2.24) is 20.6 Å². The molecule has 0 radical (unpaired) electrons. The van der Waals surface area contributed by atoms with Gasteiger partial charge in [0, 0.05) is 58.1 Å². The van der Waals surface area contributed by atoms with Crippen molar-refractivity contribution in [1.29, 1.82) is 0 Å². The molecule has 0 saturated carbocycles. The third-order valence-corrected chi connectivity index (χ3v) is 7.05. The Morgan fingerprint density at radius 3 is 1.57 bits per heavy atom. The first kappa shape index (κ1) is 25.7. The van der Waals surface area contributed by atoms with Crippen LogP contribution in [0.25, 0.3) is 0 Å². The van der Waals surface area contributed by atoms with Crippen molar-refractivity contribution >= 4 is 53.4 Å². The van der Waals surface area contributed by atoms with Crippen LogP contribution in [-0.2, 0) is 0 Å². The Labute approximate surface area is 203 Å². The maximum atomic E-state index is 5.59. The minimum Gasteiger partial charge on any atom is -0.478 e. The van der Waals surface area contributed by atoms with Crippen LogP contribution in [0.4, 0.5) is 0 Å². The number of rotatable bonds is 17. The van der Waals surface area contributed by atoms with Gasteiger partial charge in [-0.1, -0.05) is 21.6 Å². The Balaban J connectivity index is 1.27. The molecule has 2 N–H and O–H groups in total. The predicted molar refractivity (Wildman–Crippen MR) is 135 cm³/mol. The molecule has 0 aliphatic heterocycles. The molecular formula is C20H28Br2N4O2S2. The second-order valence-electron chi connectivity index (χ2n) is 6.18. The number of aromatic nitrogens is 2. The van der Waals surface area contributed by atoms with Crippen LogP contribution < -0.4 is 20.1 Å². The Hall–Kier alpha value is -0.520. The zero-order chi connectivity index (χ0) is 21.3. The van der Waals surface area contributed by atoms with Gasteiger partial charge in [0.15, 0.2) is 0 Å². The monoisotopic (exact) mass is 578 g/mol. The van der Waals surface area contributed by atoms with Crippen molar-refractivity contribution in [2.45, 2.75) is 12.8 Å². The molecule has 10 heteroatoms. The van der Waals surface area contributed by atoms with Gasteiger partial charge in [-0.15, -0.1) is 0 Å². The van der Waals surface area contributed by atoms with Crippen LogP contribution >= 0.6 is 53.4 Å². The number of ether oxygens (including phenoxy) is 2. The highest BCUT2D eigenvalue weighted by Crippen LogP contribution is 2.19. The molecule has 2 aromatic rings. The summed E-state index contributed by atoms with van der Waals surface area (Å²) in [6.07, 6.45) is 5.44. The topological polar surface area (TPSA) is 68.3 Å². The summed E-state index contributed by atoms with van der Waals surface area (Å²) in [7, 11) is 3.83. The lowest BCUT2D eigenvalue weighted by Gasteiger charge is -2.07. The molecule has 0 bridgehead atoms. The summed E-state index contributed by atoms with van der Waals surface area (Å²) in [6.45, 7) is 5.31. The minimum absolute atomic E-state index is 0.674. The van der Waals surface area contributed by atoms with Crippen LogP contribution in [-0.4, -0.2) is 60.9 Å². The second-order valence-corrected chi connectivity index (χ2v) is 10.7. The van der Waals surface area contributed by atoms with E-state index >= 15 is 0 Å². The highest BCUT2D eigenvalue weighted by molar-refractivity contribution is 9.10. The number of nitrogens with zero attached hydrogens (tertiary/aromatic N) is 2. The van der Waals surface area contributed by atoms with Crippen LogP contribution in [0.2, 0.25) is 0 Å². The molecule has 166 valence electrons. The maximum absolute atomic E-state index is 5.59. The summed E-state index contributed by atoms with van der Waals surface area (Å²) in [5.41, 5.74) is 0. The Bertz CT molecular complexity index is 622. The van der Waals surface area contributed by atoms with E-state index in [0.717, 1.165) is 59.5 Å². The summed E-state index contributed by atoms with van der Waals surface area (Å²) >= 11 is 6.72. The van der Waals surface area contributed by atoms with Gasteiger partial charge in [-0.05, 0) is 69.9 Å². The first-order chi connectivity index (χ1) is 14.7. The van der Waals surface area contributed by atoms with E-state index in [0.29, 0.717) is 25.0 Å². The zero-order valence-electron chi connectivity index (χ0n) is 16.8. The molecule has 0 aliphatic rings. The summed E-state index contributed by atoms with van der Waals surface area (Å²) in [5, 5.41) is 6.89. The van der Waals surface area contributed by atoms with Gasteiger partial charge in [0.05, 0.1) is 13.2 Å². The average molecular weight is 580 g/mol. The van der Waals surface area contributed by atoms with Gasteiger partial charge in [0.1, 0.15) is 0 Å². The molecule has 0 saturated heterocycles. The van der Waals surface area contributed by atoms with E-state index in [1.807, 2.05) is 45.9 Å². The molecule has 2 aromatic heterocycles. The molecule has 30 heavy (non-hydrogen) atoms. The smallest absolute Gasteiger partial charge is 0.213 e. The number of halogens is 2. The van der Waals surface area contributed by atoms with Crippen LogP contribution in [0, 0.1) is 0 Å². The van der Waals surface area contributed by atoms with E-state index in [9.17, 15) is 0 Å². The van der Waals surface area contributed by atoms with Gasteiger partial charge < -0.3 is 20.1 Å². The Morgan fingerprint density at radius 2 is 1.17 bits per heavy atom. The summed E-state index contributed by atoms with van der Waals surface area (Å²) in [5.74, 6) is 3.56. The van der Waals surface area contributed by atoms with E-state index in [-0.39, 0.29) is 0 Å². The lowest BCUT2D eigenvalue weighted by Crippen LogP contribution is -2.21. The van der Waals surface area contributed by atoms with Gasteiger partial charge >= 0.3 is 0 Å². The van der Waals surface area contributed by atoms with E-state index < -0.39 is 0 Å². The fourth-order valence-electron chi connectivity index (χ4n) is 2.24. The van der Waals surface area contributed by atoms with E-state index in [4.69, 9.17) is 9.47 Å². The fraction of sp³-hybridized carbons (Fsp3) is 0.500. The first-order valence-corrected chi connectivity index (χ1v) is 14.0. The molecule has 2 rings (SSSR count). The van der Waals surface area contributed by atoms with Crippen LogP contribution in [0.3, 0.4) is 0 Å². The normalized spacial score (nSPS) is 10.9. The fourth-order valence-corrected chi connectivity index (χ4v) is 4.61. The highest BCUT2D eigenvalue weighted by atomic mass is 79.9. The van der Waals surface area contributed by atoms with E-state index in [1.54, 1.807) is 12.4 Å². The summed E-state index contributed by atoms with van der Waals surface area (Å²) in [4.78, 5) is 8.37. The number of pyridine rings is 2.